The molecular weight excluding hydrogens is 278 g/mol. The molecule has 108 valence electrons. The second-order valence-corrected chi connectivity index (χ2v) is 6.81. The van der Waals surface area contributed by atoms with Crippen molar-refractivity contribution < 1.29 is 0 Å². The van der Waals surface area contributed by atoms with Crippen molar-refractivity contribution in [2.75, 3.05) is 13.1 Å². The lowest BCUT2D eigenvalue weighted by atomic mass is 10.0. The van der Waals surface area contributed by atoms with Gasteiger partial charge in [0.2, 0.25) is 0 Å². The van der Waals surface area contributed by atoms with Crippen LogP contribution in [0.1, 0.15) is 34.4 Å². The zero-order chi connectivity index (χ0) is 14.2. The molecule has 1 aromatic heterocycles. The SMILES string of the molecule is NC1=Nc2cc(CN3CCCC3)ccc2Cc2ccsc21. The molecule has 0 bridgehead atoms. The molecule has 2 aromatic rings. The minimum Gasteiger partial charge on any atom is -0.382 e. The number of nitrogens with zero attached hydrogens (tertiary/aromatic N) is 2. The summed E-state index contributed by atoms with van der Waals surface area (Å²) in [7, 11) is 0. The van der Waals surface area contributed by atoms with Gasteiger partial charge < -0.3 is 5.73 Å². The molecule has 0 spiro atoms. The minimum atomic E-state index is 0.664. The molecule has 0 amide bonds. The minimum absolute atomic E-state index is 0.664. The quantitative estimate of drug-likeness (QED) is 0.924. The highest BCUT2D eigenvalue weighted by Gasteiger charge is 2.17. The number of nitrogens with two attached hydrogens (primary N) is 1. The lowest BCUT2D eigenvalue weighted by Crippen LogP contribution is -2.18. The average Bonchev–Trinajstić information content (AvgIpc) is 3.11. The van der Waals surface area contributed by atoms with Gasteiger partial charge in [0.15, 0.2) is 0 Å². The van der Waals surface area contributed by atoms with Gasteiger partial charge in [-0.3, -0.25) is 4.90 Å². The molecule has 3 nitrogen and oxygen atoms in total. The fraction of sp³-hybridized carbons (Fsp3) is 0.353. The fourth-order valence-corrected chi connectivity index (χ4v) is 4.07. The van der Waals surface area contributed by atoms with Crippen LogP contribution in [-0.2, 0) is 13.0 Å². The highest BCUT2D eigenvalue weighted by molar-refractivity contribution is 7.12. The topological polar surface area (TPSA) is 41.6 Å². The normalized spacial score (nSPS) is 18.0. The van der Waals surface area contributed by atoms with Gasteiger partial charge in [-0.1, -0.05) is 12.1 Å². The third-order valence-corrected chi connectivity index (χ3v) is 5.33. The molecule has 2 aliphatic rings. The summed E-state index contributed by atoms with van der Waals surface area (Å²) in [5.74, 6) is 0.664. The Morgan fingerprint density at radius 2 is 2.00 bits per heavy atom. The lowest BCUT2D eigenvalue weighted by molar-refractivity contribution is 0.331. The zero-order valence-corrected chi connectivity index (χ0v) is 12.8. The fourth-order valence-electron chi connectivity index (χ4n) is 3.25. The van der Waals surface area contributed by atoms with E-state index in [2.05, 4.69) is 39.5 Å². The molecule has 0 saturated carbocycles. The molecule has 4 heteroatoms. The number of fused-ring (bicyclic) bond motifs is 2. The summed E-state index contributed by atoms with van der Waals surface area (Å²) in [6.07, 6.45) is 3.59. The van der Waals surface area contributed by atoms with Crippen LogP contribution < -0.4 is 5.73 Å². The molecule has 3 heterocycles. The van der Waals surface area contributed by atoms with E-state index >= 15 is 0 Å². The van der Waals surface area contributed by atoms with E-state index in [9.17, 15) is 0 Å². The van der Waals surface area contributed by atoms with Gasteiger partial charge >= 0.3 is 0 Å². The smallest absolute Gasteiger partial charge is 0.141 e. The van der Waals surface area contributed by atoms with Gasteiger partial charge in [-0.25, -0.2) is 4.99 Å². The van der Waals surface area contributed by atoms with Crippen LogP contribution in [0.3, 0.4) is 0 Å². The summed E-state index contributed by atoms with van der Waals surface area (Å²) >= 11 is 1.68. The average molecular weight is 297 g/mol. The van der Waals surface area contributed by atoms with Crippen LogP contribution in [0.25, 0.3) is 0 Å². The molecule has 0 aliphatic carbocycles. The number of amidine groups is 1. The first-order chi connectivity index (χ1) is 10.3. The second-order valence-electron chi connectivity index (χ2n) is 5.90. The molecule has 21 heavy (non-hydrogen) atoms. The molecule has 0 atom stereocenters. The van der Waals surface area contributed by atoms with E-state index in [1.54, 1.807) is 11.3 Å². The number of rotatable bonds is 2. The Bertz CT molecular complexity index is 696. The number of hydrogen-bond acceptors (Lipinski definition) is 4. The maximum Gasteiger partial charge on any atom is 0.141 e. The zero-order valence-electron chi connectivity index (χ0n) is 12.0. The highest BCUT2D eigenvalue weighted by Crippen LogP contribution is 2.31. The molecule has 4 rings (SSSR count). The first-order valence-electron chi connectivity index (χ1n) is 7.55. The monoisotopic (exact) mass is 297 g/mol. The summed E-state index contributed by atoms with van der Waals surface area (Å²) in [5, 5.41) is 2.10. The summed E-state index contributed by atoms with van der Waals surface area (Å²) in [4.78, 5) is 8.32. The first-order valence-corrected chi connectivity index (χ1v) is 8.42. The standard InChI is InChI=1S/C17H19N3S/c18-17-16-14(5-8-21-16)10-13-4-3-12(9-15(13)19-17)11-20-6-1-2-7-20/h3-5,8-9H,1-2,6-7,10-11H2,(H2,18,19). The van der Waals surface area contributed by atoms with Gasteiger partial charge in [0, 0.05) is 13.0 Å². The lowest BCUT2D eigenvalue weighted by Gasteiger charge is -2.15. The van der Waals surface area contributed by atoms with E-state index in [0.29, 0.717) is 5.84 Å². The van der Waals surface area contributed by atoms with Crippen molar-refractivity contribution in [1.29, 1.82) is 0 Å². The molecule has 2 aliphatic heterocycles. The highest BCUT2D eigenvalue weighted by atomic mass is 32.1. The van der Waals surface area contributed by atoms with Gasteiger partial charge in [0.25, 0.3) is 0 Å². The molecule has 0 unspecified atom stereocenters. The summed E-state index contributed by atoms with van der Waals surface area (Å²) in [6, 6.07) is 8.86. The number of benzene rings is 1. The second kappa shape index (κ2) is 5.28. The van der Waals surface area contributed by atoms with E-state index in [4.69, 9.17) is 5.73 Å². The Kier molecular flexibility index (Phi) is 3.28. The Labute approximate surface area is 129 Å². The summed E-state index contributed by atoms with van der Waals surface area (Å²) in [5.41, 5.74) is 11.1. The predicted octanol–water partition coefficient (Wildman–Crippen LogP) is 3.29. The number of aliphatic imine (C=N–C) groups is 1. The molecule has 1 aromatic carbocycles. The van der Waals surface area contributed by atoms with E-state index in [1.807, 2.05) is 0 Å². The molecule has 1 fully saturated rings. The van der Waals surface area contributed by atoms with Crippen molar-refractivity contribution in [3.63, 3.8) is 0 Å². The molecule has 2 N–H and O–H groups in total. The van der Waals surface area contributed by atoms with E-state index in [1.165, 1.54) is 42.6 Å². The third kappa shape index (κ3) is 2.49. The van der Waals surface area contributed by atoms with E-state index in [-0.39, 0.29) is 0 Å². The number of thiophene rings is 1. The third-order valence-electron chi connectivity index (χ3n) is 4.36. The van der Waals surface area contributed by atoms with Crippen LogP contribution >= 0.6 is 11.3 Å². The Morgan fingerprint density at radius 3 is 2.86 bits per heavy atom. The van der Waals surface area contributed by atoms with E-state index in [0.717, 1.165) is 23.5 Å². The maximum atomic E-state index is 6.17. The van der Waals surface area contributed by atoms with Crippen LogP contribution in [0.5, 0.6) is 0 Å². The van der Waals surface area contributed by atoms with Gasteiger partial charge in [-0.2, -0.15) is 0 Å². The Balaban J connectivity index is 1.67. The van der Waals surface area contributed by atoms with Crippen molar-refractivity contribution in [2.45, 2.75) is 25.8 Å². The van der Waals surface area contributed by atoms with Crippen LogP contribution in [-0.4, -0.2) is 23.8 Å². The van der Waals surface area contributed by atoms with Gasteiger partial charge in [0.1, 0.15) is 5.84 Å². The predicted molar refractivity (Wildman–Crippen MR) is 88.5 cm³/mol. The van der Waals surface area contributed by atoms with Crippen molar-refractivity contribution >= 4 is 22.9 Å². The number of hydrogen-bond donors (Lipinski definition) is 1. The van der Waals surface area contributed by atoms with Crippen LogP contribution in [0.15, 0.2) is 34.6 Å². The molecule has 1 saturated heterocycles. The van der Waals surface area contributed by atoms with Crippen LogP contribution in [0.4, 0.5) is 5.69 Å². The van der Waals surface area contributed by atoms with Crippen molar-refractivity contribution in [1.82, 2.24) is 4.90 Å². The maximum absolute atomic E-state index is 6.17. The largest absolute Gasteiger partial charge is 0.382 e. The Hall–Kier alpha value is -1.65. The molecular formula is C17H19N3S. The van der Waals surface area contributed by atoms with Crippen molar-refractivity contribution in [2.24, 2.45) is 10.7 Å². The Morgan fingerprint density at radius 1 is 1.14 bits per heavy atom. The van der Waals surface area contributed by atoms with Crippen molar-refractivity contribution in [3.8, 4) is 0 Å². The summed E-state index contributed by atoms with van der Waals surface area (Å²) < 4.78 is 0. The first kappa shape index (κ1) is 13.0. The molecule has 0 radical (unpaired) electrons. The van der Waals surface area contributed by atoms with E-state index < -0.39 is 0 Å². The van der Waals surface area contributed by atoms with Crippen LogP contribution in [0, 0.1) is 0 Å². The van der Waals surface area contributed by atoms with Crippen molar-refractivity contribution in [3.05, 3.63) is 51.2 Å². The van der Waals surface area contributed by atoms with Crippen LogP contribution in [0.2, 0.25) is 0 Å². The van der Waals surface area contributed by atoms with Gasteiger partial charge in [-0.15, -0.1) is 11.3 Å². The van der Waals surface area contributed by atoms with Gasteiger partial charge in [0.05, 0.1) is 10.6 Å². The number of likely N-dealkylation sites (tertiary alicyclic amines) is 1. The summed E-state index contributed by atoms with van der Waals surface area (Å²) in [6.45, 7) is 3.48. The van der Waals surface area contributed by atoms with Gasteiger partial charge in [-0.05, 0) is 60.1 Å².